The van der Waals surface area contributed by atoms with Gasteiger partial charge in [-0.25, -0.2) is 0 Å². The summed E-state index contributed by atoms with van der Waals surface area (Å²) in [7, 11) is 0. The van der Waals surface area contributed by atoms with Gasteiger partial charge < -0.3 is 14.2 Å². The van der Waals surface area contributed by atoms with Crippen molar-refractivity contribution in [2.24, 2.45) is 0 Å². The van der Waals surface area contributed by atoms with Gasteiger partial charge in [-0.2, -0.15) is 0 Å². The van der Waals surface area contributed by atoms with E-state index >= 15 is 0 Å². The highest BCUT2D eigenvalue weighted by atomic mass is 16.6. The van der Waals surface area contributed by atoms with E-state index < -0.39 is 6.10 Å². The first kappa shape index (κ1) is 81.2. The van der Waals surface area contributed by atoms with Gasteiger partial charge in [0.25, 0.3) is 0 Å². The summed E-state index contributed by atoms with van der Waals surface area (Å²) in [4.78, 5) is 38.5. The minimum Gasteiger partial charge on any atom is -0.462 e. The highest BCUT2D eigenvalue weighted by molar-refractivity contribution is 5.71. The fourth-order valence-corrected chi connectivity index (χ4v) is 12.0. The van der Waals surface area contributed by atoms with Crippen LogP contribution in [0.4, 0.5) is 0 Å². The molecule has 1 unspecified atom stereocenters. The zero-order valence-electron chi connectivity index (χ0n) is 56.8. The molecule has 0 N–H and O–H groups in total. The van der Waals surface area contributed by atoms with Crippen LogP contribution in [-0.4, -0.2) is 37.2 Å². The molecule has 0 saturated heterocycles. The van der Waals surface area contributed by atoms with Crippen LogP contribution in [-0.2, 0) is 28.6 Å². The molecule has 0 aliphatic heterocycles. The van der Waals surface area contributed by atoms with Gasteiger partial charge in [0, 0.05) is 19.3 Å². The van der Waals surface area contributed by atoms with E-state index in [1.165, 1.54) is 340 Å². The second-order valence-corrected chi connectivity index (χ2v) is 26.3. The number of ether oxygens (including phenoxy) is 3. The molecule has 6 nitrogen and oxygen atoms in total. The van der Waals surface area contributed by atoms with Crippen molar-refractivity contribution >= 4 is 17.9 Å². The number of hydrogen-bond acceptors (Lipinski definition) is 6. The van der Waals surface area contributed by atoms with E-state index in [2.05, 4.69) is 32.9 Å². The first-order chi connectivity index (χ1) is 41.0. The quantitative estimate of drug-likeness (QED) is 0.0261. The summed E-state index contributed by atoms with van der Waals surface area (Å²) >= 11 is 0. The van der Waals surface area contributed by atoms with Gasteiger partial charge in [-0.1, -0.05) is 392 Å². The Balaban J connectivity index is 4.21. The Morgan fingerprint density at radius 1 is 0.229 bits per heavy atom. The van der Waals surface area contributed by atoms with Gasteiger partial charge >= 0.3 is 17.9 Å². The molecular weight excluding hydrogens is 1020 g/mol. The molecule has 0 aliphatic carbocycles. The van der Waals surface area contributed by atoms with Crippen molar-refractivity contribution < 1.29 is 28.6 Å². The van der Waals surface area contributed by atoms with Crippen molar-refractivity contribution in [3.63, 3.8) is 0 Å². The van der Waals surface area contributed by atoms with Crippen LogP contribution >= 0.6 is 0 Å². The van der Waals surface area contributed by atoms with E-state index in [0.29, 0.717) is 19.3 Å². The number of hydrogen-bond donors (Lipinski definition) is 0. The molecule has 0 radical (unpaired) electrons. The maximum Gasteiger partial charge on any atom is 0.306 e. The van der Waals surface area contributed by atoms with Crippen LogP contribution in [0.2, 0.25) is 0 Å². The van der Waals surface area contributed by atoms with Crippen LogP contribution in [0.15, 0.2) is 12.2 Å². The largest absolute Gasteiger partial charge is 0.462 e. The van der Waals surface area contributed by atoms with E-state index in [1.54, 1.807) is 0 Å². The summed E-state index contributed by atoms with van der Waals surface area (Å²) in [5, 5.41) is 0. The van der Waals surface area contributed by atoms with Crippen molar-refractivity contribution in [2.75, 3.05) is 13.2 Å². The molecule has 0 aromatic rings. The highest BCUT2D eigenvalue weighted by Crippen LogP contribution is 2.20. The van der Waals surface area contributed by atoms with Gasteiger partial charge in [0.2, 0.25) is 0 Å². The first-order valence-electron chi connectivity index (χ1n) is 38.2. The molecule has 0 spiro atoms. The van der Waals surface area contributed by atoms with E-state index in [0.717, 1.165) is 64.2 Å². The lowest BCUT2D eigenvalue weighted by Crippen LogP contribution is -2.30. The number of carbonyl (C=O) groups excluding carboxylic acids is 3. The molecule has 492 valence electrons. The van der Waals surface area contributed by atoms with Crippen LogP contribution in [0.25, 0.3) is 0 Å². The SMILES string of the molecule is CCCCCCCCC/C=C\CCCCCCCC(=O)OCC(COC(=O)CCCCCCCCCCCCCCCCCCCCCCCCCCCCCC)OC(=O)CCCCCCCCCCCCCCCCCCCCCCC. The first-order valence-corrected chi connectivity index (χ1v) is 38.2. The van der Waals surface area contributed by atoms with E-state index in [1.807, 2.05) is 0 Å². The third-order valence-electron chi connectivity index (χ3n) is 17.8. The zero-order valence-corrected chi connectivity index (χ0v) is 56.8. The zero-order chi connectivity index (χ0) is 59.9. The Morgan fingerprint density at radius 3 is 0.602 bits per heavy atom. The molecule has 0 heterocycles. The minimum absolute atomic E-state index is 0.0653. The van der Waals surface area contributed by atoms with Gasteiger partial charge in [0.15, 0.2) is 6.10 Å². The standard InChI is InChI=1S/C77H148O6/c1-4-7-10-13-16-19-22-25-28-31-33-35-36-37-38-39-40-41-43-44-46-49-52-55-58-61-64-67-70-76(79)82-73-74(72-81-75(78)69-66-63-60-57-54-51-48-30-27-24-21-18-15-12-9-6-3)83-77(80)71-68-65-62-59-56-53-50-47-45-42-34-32-29-26-23-20-17-14-11-8-5-2/h30,48,74H,4-29,31-47,49-73H2,1-3H3/b48-30-. The summed E-state index contributed by atoms with van der Waals surface area (Å²) < 4.78 is 17.0. The smallest absolute Gasteiger partial charge is 0.306 e. The highest BCUT2D eigenvalue weighted by Gasteiger charge is 2.20. The van der Waals surface area contributed by atoms with Crippen molar-refractivity contribution in [2.45, 2.75) is 451 Å². The van der Waals surface area contributed by atoms with Crippen molar-refractivity contribution in [1.82, 2.24) is 0 Å². The normalized spacial score (nSPS) is 12.0. The monoisotopic (exact) mass is 1170 g/mol. The lowest BCUT2D eigenvalue weighted by Gasteiger charge is -2.18. The predicted molar refractivity (Wildman–Crippen MR) is 363 cm³/mol. The van der Waals surface area contributed by atoms with Crippen molar-refractivity contribution in [3.8, 4) is 0 Å². The minimum atomic E-state index is -0.771. The number of unbranched alkanes of at least 4 members (excludes halogenated alkanes) is 59. The summed E-state index contributed by atoms with van der Waals surface area (Å²) in [6.45, 7) is 6.74. The number of allylic oxidation sites excluding steroid dienone is 2. The molecule has 0 aromatic heterocycles. The molecule has 0 fully saturated rings. The summed E-state index contributed by atoms with van der Waals surface area (Å²) in [6.07, 6.45) is 88.4. The third kappa shape index (κ3) is 70.8. The van der Waals surface area contributed by atoms with Gasteiger partial charge in [0.05, 0.1) is 0 Å². The lowest BCUT2D eigenvalue weighted by atomic mass is 10.0. The molecule has 0 aliphatic rings. The molecule has 6 heteroatoms. The van der Waals surface area contributed by atoms with Gasteiger partial charge in [-0.15, -0.1) is 0 Å². The molecule has 0 aromatic carbocycles. The second kappa shape index (κ2) is 72.6. The fourth-order valence-electron chi connectivity index (χ4n) is 12.0. The molecular formula is C77H148O6. The Hall–Kier alpha value is -1.85. The van der Waals surface area contributed by atoms with Gasteiger partial charge in [-0.3, -0.25) is 14.4 Å². The van der Waals surface area contributed by atoms with Crippen molar-refractivity contribution in [3.05, 3.63) is 12.2 Å². The van der Waals surface area contributed by atoms with Crippen LogP contribution < -0.4 is 0 Å². The Morgan fingerprint density at radius 2 is 0.398 bits per heavy atom. The fraction of sp³-hybridized carbons (Fsp3) is 0.935. The van der Waals surface area contributed by atoms with E-state index in [-0.39, 0.29) is 31.1 Å². The average Bonchev–Trinajstić information content (AvgIpc) is 3.49. The second-order valence-electron chi connectivity index (χ2n) is 26.3. The number of esters is 3. The predicted octanol–water partition coefficient (Wildman–Crippen LogP) is 26.3. The Kier molecular flexibility index (Phi) is 71.0. The summed E-state index contributed by atoms with van der Waals surface area (Å²) in [6, 6.07) is 0. The van der Waals surface area contributed by atoms with Crippen LogP contribution in [0.5, 0.6) is 0 Å². The molecule has 0 saturated carbocycles. The summed E-state index contributed by atoms with van der Waals surface area (Å²) in [5.74, 6) is -0.834. The lowest BCUT2D eigenvalue weighted by molar-refractivity contribution is -0.167. The Bertz CT molecular complexity index is 1300. The number of rotatable bonds is 72. The van der Waals surface area contributed by atoms with E-state index in [9.17, 15) is 14.4 Å². The van der Waals surface area contributed by atoms with Crippen LogP contribution in [0, 0.1) is 0 Å². The van der Waals surface area contributed by atoms with Gasteiger partial charge in [0.1, 0.15) is 13.2 Å². The van der Waals surface area contributed by atoms with Crippen LogP contribution in [0.3, 0.4) is 0 Å². The molecule has 0 amide bonds. The molecule has 1 atom stereocenters. The van der Waals surface area contributed by atoms with Gasteiger partial charge in [-0.05, 0) is 44.9 Å². The maximum absolute atomic E-state index is 13.0. The van der Waals surface area contributed by atoms with Crippen molar-refractivity contribution in [1.29, 1.82) is 0 Å². The molecule has 83 heavy (non-hydrogen) atoms. The average molecular weight is 1170 g/mol. The Labute approximate surface area is 520 Å². The third-order valence-corrected chi connectivity index (χ3v) is 17.8. The topological polar surface area (TPSA) is 78.9 Å². The maximum atomic E-state index is 13.0. The van der Waals surface area contributed by atoms with Crippen LogP contribution in [0.1, 0.15) is 445 Å². The molecule has 0 bridgehead atoms. The molecule has 0 rings (SSSR count). The number of carbonyl (C=O) groups is 3. The summed E-state index contributed by atoms with van der Waals surface area (Å²) in [5.41, 5.74) is 0. The van der Waals surface area contributed by atoms with E-state index in [4.69, 9.17) is 14.2 Å².